The van der Waals surface area contributed by atoms with E-state index in [2.05, 4.69) is 15.1 Å². The Bertz CT molecular complexity index is 766. The zero-order valence-electron chi connectivity index (χ0n) is 10.8. The lowest BCUT2D eigenvalue weighted by Gasteiger charge is -2.05. The maximum atomic E-state index is 6.03. The number of nitrogen functional groups attached to an aromatic ring is 1. The van der Waals surface area contributed by atoms with Crippen molar-refractivity contribution in [3.63, 3.8) is 0 Å². The van der Waals surface area contributed by atoms with Crippen molar-refractivity contribution in [3.8, 4) is 16.9 Å². The molecule has 0 saturated carbocycles. The lowest BCUT2D eigenvalue weighted by molar-refractivity contribution is 0.873. The Morgan fingerprint density at radius 3 is 2.90 bits per heavy atom. The fourth-order valence-corrected chi connectivity index (χ4v) is 2.12. The Morgan fingerprint density at radius 2 is 2.10 bits per heavy atom. The van der Waals surface area contributed by atoms with Crippen molar-refractivity contribution in [1.82, 2.24) is 19.7 Å². The molecule has 5 nitrogen and oxygen atoms in total. The minimum Gasteiger partial charge on any atom is -0.368 e. The monoisotopic (exact) mass is 285 g/mol. The molecule has 6 heteroatoms. The Balaban J connectivity index is 2.04. The van der Waals surface area contributed by atoms with Crippen molar-refractivity contribution in [2.24, 2.45) is 0 Å². The standard InChI is InChI=1S/C14H12ClN5/c1-9-2-3-11(15)6-13(9)20-8-10(7-18-20)12-4-5-17-14(16)19-12/h2-8H,1H3,(H2,16,17,19). The topological polar surface area (TPSA) is 69.6 Å². The van der Waals surface area contributed by atoms with Crippen LogP contribution >= 0.6 is 11.6 Å². The smallest absolute Gasteiger partial charge is 0.220 e. The first kappa shape index (κ1) is 12.6. The predicted octanol–water partition coefficient (Wildman–Crippen LogP) is 2.87. The van der Waals surface area contributed by atoms with Crippen LogP contribution in [0, 0.1) is 6.92 Å². The van der Waals surface area contributed by atoms with Crippen molar-refractivity contribution >= 4 is 17.5 Å². The van der Waals surface area contributed by atoms with Crippen molar-refractivity contribution in [1.29, 1.82) is 0 Å². The van der Waals surface area contributed by atoms with E-state index in [1.165, 1.54) is 0 Å². The minimum absolute atomic E-state index is 0.245. The summed E-state index contributed by atoms with van der Waals surface area (Å²) in [4.78, 5) is 8.06. The molecular formula is C14H12ClN5. The Morgan fingerprint density at radius 1 is 1.25 bits per heavy atom. The zero-order chi connectivity index (χ0) is 14.1. The molecule has 0 amide bonds. The van der Waals surface area contributed by atoms with Crippen LogP contribution in [0.25, 0.3) is 16.9 Å². The van der Waals surface area contributed by atoms with E-state index in [9.17, 15) is 0 Å². The van der Waals surface area contributed by atoms with E-state index in [-0.39, 0.29) is 5.95 Å². The normalized spacial score (nSPS) is 10.7. The SMILES string of the molecule is Cc1ccc(Cl)cc1-n1cc(-c2ccnc(N)n2)cn1. The van der Waals surface area contributed by atoms with Gasteiger partial charge < -0.3 is 5.73 Å². The van der Waals surface area contributed by atoms with E-state index < -0.39 is 0 Å². The molecule has 0 aliphatic carbocycles. The van der Waals surface area contributed by atoms with Gasteiger partial charge in [-0.3, -0.25) is 0 Å². The summed E-state index contributed by atoms with van der Waals surface area (Å²) in [7, 11) is 0. The number of benzene rings is 1. The molecule has 0 unspecified atom stereocenters. The van der Waals surface area contributed by atoms with Crippen LogP contribution in [0.5, 0.6) is 0 Å². The van der Waals surface area contributed by atoms with Gasteiger partial charge in [0, 0.05) is 23.0 Å². The quantitative estimate of drug-likeness (QED) is 0.786. The molecule has 0 radical (unpaired) electrons. The van der Waals surface area contributed by atoms with Gasteiger partial charge in [0.25, 0.3) is 0 Å². The average Bonchev–Trinajstić information content (AvgIpc) is 2.91. The number of anilines is 1. The second-order valence-corrected chi connectivity index (χ2v) is 4.84. The van der Waals surface area contributed by atoms with Gasteiger partial charge in [-0.1, -0.05) is 17.7 Å². The molecule has 2 aromatic heterocycles. The van der Waals surface area contributed by atoms with Crippen LogP contribution in [0.2, 0.25) is 5.02 Å². The summed E-state index contributed by atoms with van der Waals surface area (Å²) in [5, 5.41) is 5.03. The minimum atomic E-state index is 0.245. The molecule has 20 heavy (non-hydrogen) atoms. The molecule has 3 aromatic rings. The van der Waals surface area contributed by atoms with E-state index in [1.807, 2.05) is 31.3 Å². The largest absolute Gasteiger partial charge is 0.368 e. The molecule has 0 atom stereocenters. The van der Waals surface area contributed by atoms with Gasteiger partial charge in [-0.25, -0.2) is 14.6 Å². The van der Waals surface area contributed by atoms with Crippen LogP contribution < -0.4 is 5.73 Å². The number of nitrogens with zero attached hydrogens (tertiary/aromatic N) is 4. The highest BCUT2D eigenvalue weighted by atomic mass is 35.5. The average molecular weight is 286 g/mol. The number of nitrogens with two attached hydrogens (primary N) is 1. The molecule has 0 fully saturated rings. The number of hydrogen-bond donors (Lipinski definition) is 1. The van der Waals surface area contributed by atoms with Crippen molar-refractivity contribution in [3.05, 3.63) is 53.4 Å². The first-order chi connectivity index (χ1) is 9.63. The number of halogens is 1. The van der Waals surface area contributed by atoms with Crippen LogP contribution in [-0.4, -0.2) is 19.7 Å². The highest BCUT2D eigenvalue weighted by molar-refractivity contribution is 6.30. The van der Waals surface area contributed by atoms with Crippen molar-refractivity contribution in [2.45, 2.75) is 6.92 Å². The van der Waals surface area contributed by atoms with Crippen molar-refractivity contribution in [2.75, 3.05) is 5.73 Å². The van der Waals surface area contributed by atoms with Gasteiger partial charge in [-0.2, -0.15) is 5.10 Å². The first-order valence-corrected chi connectivity index (χ1v) is 6.41. The summed E-state index contributed by atoms with van der Waals surface area (Å²) in [5.74, 6) is 0.245. The van der Waals surface area contributed by atoms with Crippen LogP contribution in [0.15, 0.2) is 42.9 Å². The van der Waals surface area contributed by atoms with Gasteiger partial charge in [-0.15, -0.1) is 0 Å². The maximum absolute atomic E-state index is 6.03. The Kier molecular flexibility index (Phi) is 3.12. The lowest BCUT2D eigenvalue weighted by atomic mass is 10.2. The van der Waals surface area contributed by atoms with Gasteiger partial charge in [0.2, 0.25) is 5.95 Å². The van der Waals surface area contributed by atoms with Crippen LogP contribution in [0.3, 0.4) is 0 Å². The molecule has 2 heterocycles. The molecule has 3 rings (SSSR count). The van der Waals surface area contributed by atoms with E-state index in [4.69, 9.17) is 17.3 Å². The maximum Gasteiger partial charge on any atom is 0.220 e. The van der Waals surface area contributed by atoms with Gasteiger partial charge in [0.15, 0.2) is 0 Å². The fourth-order valence-electron chi connectivity index (χ4n) is 1.95. The van der Waals surface area contributed by atoms with Gasteiger partial charge in [0.05, 0.1) is 17.6 Å². The summed E-state index contributed by atoms with van der Waals surface area (Å²) >= 11 is 6.03. The van der Waals surface area contributed by atoms with Gasteiger partial charge in [0.1, 0.15) is 0 Å². The van der Waals surface area contributed by atoms with Gasteiger partial charge >= 0.3 is 0 Å². The predicted molar refractivity (Wildman–Crippen MR) is 78.7 cm³/mol. The van der Waals surface area contributed by atoms with Crippen molar-refractivity contribution < 1.29 is 0 Å². The second kappa shape index (κ2) is 4.94. The van der Waals surface area contributed by atoms with Crippen LogP contribution in [0.1, 0.15) is 5.56 Å². The van der Waals surface area contributed by atoms with E-state index >= 15 is 0 Å². The third-order valence-corrected chi connectivity index (χ3v) is 3.21. The van der Waals surface area contributed by atoms with Crippen LogP contribution in [0.4, 0.5) is 5.95 Å². The third-order valence-electron chi connectivity index (χ3n) is 2.97. The molecule has 2 N–H and O–H groups in total. The van der Waals surface area contributed by atoms with Crippen LogP contribution in [-0.2, 0) is 0 Å². The third kappa shape index (κ3) is 2.35. The Hall–Kier alpha value is -2.40. The summed E-state index contributed by atoms with van der Waals surface area (Å²) in [5.41, 5.74) is 9.23. The molecule has 0 spiro atoms. The summed E-state index contributed by atoms with van der Waals surface area (Å²) in [6.45, 7) is 2.01. The number of rotatable bonds is 2. The summed E-state index contributed by atoms with van der Waals surface area (Å²) in [6.07, 6.45) is 5.25. The van der Waals surface area contributed by atoms with E-state index in [0.29, 0.717) is 5.02 Å². The van der Waals surface area contributed by atoms with Gasteiger partial charge in [-0.05, 0) is 30.7 Å². The zero-order valence-corrected chi connectivity index (χ0v) is 11.5. The second-order valence-electron chi connectivity index (χ2n) is 4.40. The van der Waals surface area contributed by atoms with E-state index in [0.717, 1.165) is 22.5 Å². The first-order valence-electron chi connectivity index (χ1n) is 6.03. The highest BCUT2D eigenvalue weighted by Crippen LogP contribution is 2.22. The molecule has 1 aromatic carbocycles. The fraction of sp³-hybridized carbons (Fsp3) is 0.0714. The Labute approximate surface area is 121 Å². The molecule has 0 bridgehead atoms. The summed E-state index contributed by atoms with van der Waals surface area (Å²) < 4.78 is 1.77. The molecule has 100 valence electrons. The van der Waals surface area contributed by atoms with E-state index in [1.54, 1.807) is 23.1 Å². The highest BCUT2D eigenvalue weighted by Gasteiger charge is 2.07. The molecule has 0 aliphatic rings. The molecular weight excluding hydrogens is 274 g/mol. The summed E-state index contributed by atoms with van der Waals surface area (Å²) in [6, 6.07) is 7.49. The number of aromatic nitrogens is 4. The number of hydrogen-bond acceptors (Lipinski definition) is 4. The molecule has 0 aliphatic heterocycles. The number of aryl methyl sites for hydroxylation is 1. The lowest BCUT2D eigenvalue weighted by Crippen LogP contribution is -1.97. The molecule has 0 saturated heterocycles.